The minimum atomic E-state index is -1.06. The van der Waals surface area contributed by atoms with E-state index in [1.165, 1.54) is 18.3 Å². The number of hydrogen-bond acceptors (Lipinski definition) is 6. The molecule has 2 rings (SSSR count). The van der Waals surface area contributed by atoms with Crippen molar-refractivity contribution in [1.29, 1.82) is 0 Å². The fourth-order valence-corrected chi connectivity index (χ4v) is 3.27. The van der Waals surface area contributed by atoms with Crippen molar-refractivity contribution in [2.75, 3.05) is 6.61 Å². The molecule has 0 radical (unpaired) electrons. The molecule has 0 aliphatic carbocycles. The summed E-state index contributed by atoms with van der Waals surface area (Å²) in [6, 6.07) is 4.14. The number of amides is 1. The molecule has 1 aliphatic heterocycles. The zero-order valence-electron chi connectivity index (χ0n) is 15.0. The Hall–Kier alpha value is -2.42. The number of carboxylic acid groups (broad SMARTS) is 1. The smallest absolute Gasteiger partial charge is 0.305 e. The third-order valence-corrected chi connectivity index (χ3v) is 4.78. The van der Waals surface area contributed by atoms with E-state index in [9.17, 15) is 14.0 Å². The van der Waals surface area contributed by atoms with Gasteiger partial charge in [0.1, 0.15) is 16.8 Å². The van der Waals surface area contributed by atoms with Gasteiger partial charge < -0.3 is 15.2 Å². The molecule has 1 aromatic carbocycles. The van der Waals surface area contributed by atoms with Crippen LogP contribution in [-0.4, -0.2) is 40.2 Å². The van der Waals surface area contributed by atoms with Crippen LogP contribution in [0.15, 0.2) is 28.4 Å². The molecule has 1 amide bonds. The van der Waals surface area contributed by atoms with Crippen LogP contribution >= 0.6 is 11.8 Å². The molecule has 2 N–H and O–H groups in total. The number of halogens is 1. The van der Waals surface area contributed by atoms with Crippen molar-refractivity contribution < 1.29 is 23.8 Å². The van der Waals surface area contributed by atoms with E-state index in [2.05, 4.69) is 22.4 Å². The average molecular weight is 395 g/mol. The Morgan fingerprint density at radius 1 is 1.41 bits per heavy atom. The highest BCUT2D eigenvalue weighted by molar-refractivity contribution is 8.15. The average Bonchev–Trinajstić information content (AvgIpc) is 2.95. The fourth-order valence-electron chi connectivity index (χ4n) is 2.35. The topological polar surface area (TPSA) is 100 Å². The number of thioether (sulfide) groups is 1. The highest BCUT2D eigenvalue weighted by Crippen LogP contribution is 2.23. The third-order valence-electron chi connectivity index (χ3n) is 3.71. The lowest BCUT2D eigenvalue weighted by molar-refractivity contribution is -0.138. The van der Waals surface area contributed by atoms with Gasteiger partial charge in [0.2, 0.25) is 5.91 Å². The van der Waals surface area contributed by atoms with Gasteiger partial charge in [-0.05, 0) is 24.6 Å². The number of nitrogens with zero attached hydrogens (tertiary/aromatic N) is 2. The molecule has 1 unspecified atom stereocenters. The van der Waals surface area contributed by atoms with E-state index in [1.54, 1.807) is 6.07 Å². The van der Waals surface area contributed by atoms with Crippen molar-refractivity contribution in [3.8, 4) is 5.75 Å². The van der Waals surface area contributed by atoms with Crippen molar-refractivity contribution in [3.05, 3.63) is 29.6 Å². The number of carbonyl (C=O) groups is 2. The first-order valence-electron chi connectivity index (χ1n) is 8.72. The quantitative estimate of drug-likeness (QED) is 0.360. The van der Waals surface area contributed by atoms with Gasteiger partial charge in [0.05, 0.1) is 19.2 Å². The number of carbonyl (C=O) groups excluding carboxylic acids is 1. The van der Waals surface area contributed by atoms with Gasteiger partial charge in [-0.2, -0.15) is 5.10 Å². The molecule has 1 fully saturated rings. The van der Waals surface area contributed by atoms with E-state index in [1.807, 2.05) is 0 Å². The van der Waals surface area contributed by atoms with Gasteiger partial charge in [-0.3, -0.25) is 9.59 Å². The van der Waals surface area contributed by atoms with Crippen LogP contribution in [0.3, 0.4) is 0 Å². The summed E-state index contributed by atoms with van der Waals surface area (Å²) in [4.78, 5) is 22.4. The summed E-state index contributed by atoms with van der Waals surface area (Å²) in [5, 5.41) is 18.4. The second kappa shape index (κ2) is 10.7. The van der Waals surface area contributed by atoms with Gasteiger partial charge in [-0.25, -0.2) is 4.39 Å². The molecule has 1 aliphatic rings. The second-order valence-corrected chi connectivity index (χ2v) is 7.13. The molecule has 9 heteroatoms. The highest BCUT2D eigenvalue weighted by atomic mass is 32.2. The van der Waals surface area contributed by atoms with Crippen LogP contribution in [-0.2, 0) is 9.59 Å². The van der Waals surface area contributed by atoms with Crippen LogP contribution in [0.2, 0.25) is 0 Å². The molecule has 1 aromatic rings. The lowest BCUT2D eigenvalue weighted by Gasteiger charge is -2.08. The number of amidine groups is 1. The molecule has 0 bridgehead atoms. The first-order valence-corrected chi connectivity index (χ1v) is 9.60. The molecule has 1 atom stereocenters. The lowest BCUT2D eigenvalue weighted by Crippen LogP contribution is -2.26. The summed E-state index contributed by atoms with van der Waals surface area (Å²) in [6.45, 7) is 2.66. The fraction of sp³-hybridized carbons (Fsp3) is 0.444. The van der Waals surface area contributed by atoms with Crippen molar-refractivity contribution in [1.82, 2.24) is 5.32 Å². The number of rotatable bonds is 10. The van der Waals surface area contributed by atoms with Crippen molar-refractivity contribution in [2.24, 2.45) is 10.2 Å². The van der Waals surface area contributed by atoms with Crippen molar-refractivity contribution in [2.45, 2.75) is 44.3 Å². The van der Waals surface area contributed by atoms with Gasteiger partial charge in [0, 0.05) is 5.56 Å². The number of nitrogens with one attached hydrogen (secondary N) is 1. The van der Waals surface area contributed by atoms with Crippen LogP contribution in [0.5, 0.6) is 5.75 Å². The molecule has 7 nitrogen and oxygen atoms in total. The zero-order valence-corrected chi connectivity index (χ0v) is 15.8. The SMILES string of the molecule is CCCCCCOc1ccc(F)cc1C=NN=C1NC(=O)C(CC(=O)O)S1. The maximum Gasteiger partial charge on any atom is 0.305 e. The van der Waals surface area contributed by atoms with Gasteiger partial charge in [-0.1, -0.05) is 37.9 Å². The second-order valence-electron chi connectivity index (χ2n) is 5.93. The number of ether oxygens (including phenoxy) is 1. The zero-order chi connectivity index (χ0) is 19.6. The molecular formula is C18H22FN3O4S. The molecule has 146 valence electrons. The van der Waals surface area contributed by atoms with Gasteiger partial charge in [-0.15, -0.1) is 5.10 Å². The Kier molecular flexibility index (Phi) is 8.25. The number of aliphatic carboxylic acids is 1. The maximum atomic E-state index is 13.5. The summed E-state index contributed by atoms with van der Waals surface area (Å²) < 4.78 is 19.2. The molecule has 1 heterocycles. The van der Waals surface area contributed by atoms with E-state index < -0.39 is 22.9 Å². The monoisotopic (exact) mass is 395 g/mol. The normalized spacial score (nSPS) is 18.2. The van der Waals surface area contributed by atoms with Crippen LogP contribution in [0, 0.1) is 5.82 Å². The summed E-state index contributed by atoms with van der Waals surface area (Å²) in [6.07, 6.45) is 5.32. The van der Waals surface area contributed by atoms with Crippen LogP contribution < -0.4 is 10.1 Å². The number of benzene rings is 1. The standard InChI is InChI=1S/C18H22FN3O4S/c1-2-3-4-5-8-26-14-7-6-13(19)9-12(14)11-20-22-18-21-17(25)15(27-18)10-16(23)24/h6-7,9,11,15H,2-5,8,10H2,1H3,(H,23,24)(H,21,22,25). The number of unbranched alkanes of at least 4 members (excludes halogenated alkanes) is 3. The predicted molar refractivity (Wildman–Crippen MR) is 103 cm³/mol. The predicted octanol–water partition coefficient (Wildman–Crippen LogP) is 3.18. The van der Waals surface area contributed by atoms with Crippen molar-refractivity contribution >= 4 is 35.0 Å². The van der Waals surface area contributed by atoms with Crippen LogP contribution in [0.4, 0.5) is 4.39 Å². The first-order chi connectivity index (χ1) is 13.0. The largest absolute Gasteiger partial charge is 0.493 e. The Morgan fingerprint density at radius 2 is 2.22 bits per heavy atom. The van der Waals surface area contributed by atoms with E-state index in [4.69, 9.17) is 9.84 Å². The number of carboxylic acids is 1. The van der Waals surface area contributed by atoms with Crippen LogP contribution in [0.1, 0.15) is 44.6 Å². The summed E-state index contributed by atoms with van der Waals surface area (Å²) in [5.41, 5.74) is 0.436. The Morgan fingerprint density at radius 3 is 2.96 bits per heavy atom. The molecular weight excluding hydrogens is 373 g/mol. The van der Waals surface area contributed by atoms with E-state index in [0.29, 0.717) is 17.9 Å². The minimum Gasteiger partial charge on any atom is -0.493 e. The Balaban J connectivity index is 1.98. The first kappa shape index (κ1) is 20.9. The van der Waals surface area contributed by atoms with E-state index >= 15 is 0 Å². The van der Waals surface area contributed by atoms with E-state index in [-0.39, 0.29) is 11.6 Å². The van der Waals surface area contributed by atoms with Gasteiger partial charge >= 0.3 is 5.97 Å². The molecule has 1 saturated heterocycles. The summed E-state index contributed by atoms with van der Waals surface area (Å²) in [7, 11) is 0. The maximum absolute atomic E-state index is 13.5. The molecule has 0 spiro atoms. The van der Waals surface area contributed by atoms with Crippen molar-refractivity contribution in [3.63, 3.8) is 0 Å². The van der Waals surface area contributed by atoms with Crippen LogP contribution in [0.25, 0.3) is 0 Å². The van der Waals surface area contributed by atoms with Gasteiger partial charge in [0.25, 0.3) is 0 Å². The van der Waals surface area contributed by atoms with E-state index in [0.717, 1.165) is 37.4 Å². The Labute approximate surface area is 161 Å². The third kappa shape index (κ3) is 7.01. The molecule has 0 aromatic heterocycles. The lowest BCUT2D eigenvalue weighted by atomic mass is 10.2. The molecule has 0 saturated carbocycles. The summed E-state index contributed by atoms with van der Waals surface area (Å²) in [5.74, 6) is -1.40. The van der Waals surface area contributed by atoms with Gasteiger partial charge in [0.15, 0.2) is 5.17 Å². The number of hydrogen-bond donors (Lipinski definition) is 2. The minimum absolute atomic E-state index is 0.209. The summed E-state index contributed by atoms with van der Waals surface area (Å²) >= 11 is 1.00. The molecule has 27 heavy (non-hydrogen) atoms. The Bertz CT molecular complexity index is 739. The highest BCUT2D eigenvalue weighted by Gasteiger charge is 2.32.